The number of azide groups is 1. The van der Waals surface area contributed by atoms with Crippen LogP contribution in [-0.4, -0.2) is 30.9 Å². The SMILES string of the molecule is COc1ccc(Cn2cc(Cc3ccc(OC)c(OC)c3)nc2N=[N+]=[N-])cc1. The molecule has 144 valence electrons. The molecule has 28 heavy (non-hydrogen) atoms. The minimum Gasteiger partial charge on any atom is -0.497 e. The van der Waals surface area contributed by atoms with Crippen molar-refractivity contribution in [2.24, 2.45) is 5.11 Å². The lowest BCUT2D eigenvalue weighted by molar-refractivity contribution is 0.354. The second kappa shape index (κ2) is 8.83. The van der Waals surface area contributed by atoms with Crippen molar-refractivity contribution in [1.82, 2.24) is 9.55 Å². The second-order valence-corrected chi connectivity index (χ2v) is 6.06. The molecule has 1 heterocycles. The van der Waals surface area contributed by atoms with E-state index >= 15 is 0 Å². The first-order valence-electron chi connectivity index (χ1n) is 8.61. The number of aromatic nitrogens is 2. The Labute approximate surface area is 162 Å². The number of nitrogens with zero attached hydrogens (tertiary/aromatic N) is 5. The van der Waals surface area contributed by atoms with Gasteiger partial charge in [-0.15, -0.1) is 0 Å². The highest BCUT2D eigenvalue weighted by Crippen LogP contribution is 2.29. The first-order chi connectivity index (χ1) is 13.7. The van der Waals surface area contributed by atoms with E-state index in [1.54, 1.807) is 21.3 Å². The lowest BCUT2D eigenvalue weighted by atomic mass is 10.1. The largest absolute Gasteiger partial charge is 0.497 e. The number of hydrogen-bond donors (Lipinski definition) is 0. The van der Waals surface area contributed by atoms with Gasteiger partial charge in [0.2, 0.25) is 0 Å². The predicted octanol–water partition coefficient (Wildman–Crippen LogP) is 4.49. The molecule has 1 aromatic heterocycles. The Hall–Kier alpha value is -3.64. The van der Waals surface area contributed by atoms with Crippen LogP contribution in [0.1, 0.15) is 16.8 Å². The molecule has 2 aromatic carbocycles. The molecule has 3 aromatic rings. The topological polar surface area (TPSA) is 94.3 Å². The highest BCUT2D eigenvalue weighted by atomic mass is 16.5. The molecule has 0 saturated heterocycles. The summed E-state index contributed by atoms with van der Waals surface area (Å²) in [6.07, 6.45) is 2.47. The Morgan fingerprint density at radius 1 is 0.964 bits per heavy atom. The van der Waals surface area contributed by atoms with E-state index in [0.717, 1.165) is 22.6 Å². The van der Waals surface area contributed by atoms with Crippen molar-refractivity contribution in [3.63, 3.8) is 0 Å². The maximum absolute atomic E-state index is 8.86. The van der Waals surface area contributed by atoms with Crippen molar-refractivity contribution in [2.45, 2.75) is 13.0 Å². The molecular formula is C20H21N5O3. The van der Waals surface area contributed by atoms with Gasteiger partial charge in [-0.25, -0.2) is 4.98 Å². The summed E-state index contributed by atoms with van der Waals surface area (Å²) in [5, 5.41) is 3.72. The van der Waals surface area contributed by atoms with Gasteiger partial charge in [0.05, 0.1) is 27.0 Å². The monoisotopic (exact) mass is 379 g/mol. The molecule has 0 atom stereocenters. The van der Waals surface area contributed by atoms with Crippen LogP contribution in [0.4, 0.5) is 5.95 Å². The molecule has 0 aliphatic carbocycles. The maximum atomic E-state index is 8.86. The Balaban J connectivity index is 1.84. The van der Waals surface area contributed by atoms with E-state index < -0.39 is 0 Å². The summed E-state index contributed by atoms with van der Waals surface area (Å²) in [6, 6.07) is 13.4. The average Bonchev–Trinajstić information content (AvgIpc) is 3.09. The van der Waals surface area contributed by atoms with Gasteiger partial charge in [0.25, 0.3) is 0 Å². The Kier molecular flexibility index (Phi) is 6.04. The van der Waals surface area contributed by atoms with Crippen LogP contribution in [0, 0.1) is 0 Å². The summed E-state index contributed by atoms with van der Waals surface area (Å²) in [6.45, 7) is 0.539. The van der Waals surface area contributed by atoms with Crippen molar-refractivity contribution in [2.75, 3.05) is 21.3 Å². The third-order valence-corrected chi connectivity index (χ3v) is 4.28. The summed E-state index contributed by atoms with van der Waals surface area (Å²) in [4.78, 5) is 7.36. The number of methoxy groups -OCH3 is 3. The summed E-state index contributed by atoms with van der Waals surface area (Å²) < 4.78 is 17.6. The molecule has 8 nitrogen and oxygen atoms in total. The summed E-state index contributed by atoms with van der Waals surface area (Å²) in [5.41, 5.74) is 11.7. The van der Waals surface area contributed by atoms with Crippen molar-refractivity contribution in [3.05, 3.63) is 75.9 Å². The second-order valence-electron chi connectivity index (χ2n) is 6.06. The fourth-order valence-electron chi connectivity index (χ4n) is 2.91. The Bertz CT molecular complexity index is 992. The van der Waals surface area contributed by atoms with Crippen LogP contribution >= 0.6 is 0 Å². The normalized spacial score (nSPS) is 10.2. The Morgan fingerprint density at radius 3 is 2.32 bits per heavy atom. The van der Waals surface area contributed by atoms with Gasteiger partial charge in [0.1, 0.15) is 5.75 Å². The van der Waals surface area contributed by atoms with E-state index in [1.807, 2.05) is 53.2 Å². The quantitative estimate of drug-likeness (QED) is 0.327. The van der Waals surface area contributed by atoms with E-state index in [2.05, 4.69) is 15.0 Å². The number of imidazole rings is 1. The van der Waals surface area contributed by atoms with E-state index in [0.29, 0.717) is 30.4 Å². The lowest BCUT2D eigenvalue weighted by Crippen LogP contribution is -1.98. The zero-order chi connectivity index (χ0) is 19.9. The van der Waals surface area contributed by atoms with Crippen LogP contribution in [0.15, 0.2) is 53.8 Å². The van der Waals surface area contributed by atoms with Crippen LogP contribution in [-0.2, 0) is 13.0 Å². The standard InChI is InChI=1S/C20H21N5O3/c1-26-17-7-4-14(5-8-17)12-25-13-16(22-20(25)23-24-21)10-15-6-9-18(27-2)19(11-15)28-3/h4-9,11,13H,10,12H2,1-3H3. The van der Waals surface area contributed by atoms with Gasteiger partial charge in [-0.05, 0) is 46.0 Å². The zero-order valence-electron chi connectivity index (χ0n) is 16.0. The fraction of sp³-hybridized carbons (Fsp3) is 0.250. The van der Waals surface area contributed by atoms with Crippen molar-refractivity contribution in [1.29, 1.82) is 0 Å². The van der Waals surface area contributed by atoms with E-state index in [-0.39, 0.29) is 0 Å². The van der Waals surface area contributed by atoms with Gasteiger partial charge in [0.15, 0.2) is 17.4 Å². The molecule has 0 spiro atoms. The number of hydrogen-bond acceptors (Lipinski definition) is 5. The average molecular weight is 379 g/mol. The third-order valence-electron chi connectivity index (χ3n) is 4.28. The van der Waals surface area contributed by atoms with Crippen molar-refractivity contribution < 1.29 is 14.2 Å². The first kappa shape index (κ1) is 19.1. The molecule has 0 saturated carbocycles. The van der Waals surface area contributed by atoms with Gasteiger partial charge in [0, 0.05) is 24.1 Å². The molecule has 0 N–H and O–H groups in total. The summed E-state index contributed by atoms with van der Waals surface area (Å²) >= 11 is 0. The highest BCUT2D eigenvalue weighted by Gasteiger charge is 2.10. The van der Waals surface area contributed by atoms with Gasteiger partial charge in [-0.3, -0.25) is 0 Å². The third kappa shape index (κ3) is 4.36. The van der Waals surface area contributed by atoms with Gasteiger partial charge in [-0.1, -0.05) is 18.2 Å². The van der Waals surface area contributed by atoms with E-state index in [4.69, 9.17) is 19.7 Å². The summed E-state index contributed by atoms with van der Waals surface area (Å²) in [5.74, 6) is 2.45. The minimum atomic E-state index is 0.328. The molecule has 0 aliphatic heterocycles. The molecule has 0 aliphatic rings. The lowest BCUT2D eigenvalue weighted by Gasteiger charge is -2.08. The van der Waals surface area contributed by atoms with E-state index in [1.165, 1.54) is 0 Å². The van der Waals surface area contributed by atoms with Crippen LogP contribution in [0.25, 0.3) is 10.4 Å². The highest BCUT2D eigenvalue weighted by molar-refractivity contribution is 5.44. The summed E-state index contributed by atoms with van der Waals surface area (Å²) in [7, 11) is 4.83. The van der Waals surface area contributed by atoms with Crippen molar-refractivity contribution in [3.8, 4) is 17.2 Å². The first-order valence-corrected chi connectivity index (χ1v) is 8.61. The van der Waals surface area contributed by atoms with Gasteiger partial charge in [-0.2, -0.15) is 0 Å². The molecule has 0 fully saturated rings. The number of ether oxygens (including phenoxy) is 3. The molecule has 0 amide bonds. The van der Waals surface area contributed by atoms with Crippen LogP contribution < -0.4 is 14.2 Å². The predicted molar refractivity (Wildman–Crippen MR) is 105 cm³/mol. The molecule has 8 heteroatoms. The maximum Gasteiger partial charge on any atom is 0.197 e. The molecule has 0 unspecified atom stereocenters. The molecule has 3 rings (SSSR count). The number of rotatable bonds is 8. The van der Waals surface area contributed by atoms with Crippen LogP contribution in [0.2, 0.25) is 0 Å². The molecular weight excluding hydrogens is 358 g/mol. The molecule has 0 bridgehead atoms. The van der Waals surface area contributed by atoms with Crippen LogP contribution in [0.3, 0.4) is 0 Å². The van der Waals surface area contributed by atoms with Crippen molar-refractivity contribution >= 4 is 5.95 Å². The molecule has 0 radical (unpaired) electrons. The minimum absolute atomic E-state index is 0.328. The smallest absolute Gasteiger partial charge is 0.197 e. The van der Waals surface area contributed by atoms with Gasteiger partial charge < -0.3 is 18.8 Å². The Morgan fingerprint density at radius 2 is 1.68 bits per heavy atom. The van der Waals surface area contributed by atoms with Gasteiger partial charge >= 0.3 is 0 Å². The fourth-order valence-corrected chi connectivity index (χ4v) is 2.91. The zero-order valence-corrected chi connectivity index (χ0v) is 16.0. The number of benzene rings is 2. The van der Waals surface area contributed by atoms with Crippen LogP contribution in [0.5, 0.6) is 17.2 Å². The van der Waals surface area contributed by atoms with E-state index in [9.17, 15) is 0 Å².